The van der Waals surface area contributed by atoms with Crippen molar-refractivity contribution in [3.63, 3.8) is 0 Å². The van der Waals surface area contributed by atoms with Gasteiger partial charge in [0, 0.05) is 12.6 Å². The summed E-state index contributed by atoms with van der Waals surface area (Å²) in [4.78, 5) is 5.99. The maximum absolute atomic E-state index is 10.0. The van der Waals surface area contributed by atoms with E-state index in [0.717, 1.165) is 0 Å². The Morgan fingerprint density at radius 2 is 2.35 bits per heavy atom. The summed E-state index contributed by atoms with van der Waals surface area (Å²) in [6, 6.07) is 1.68. The molecule has 0 spiro atoms. The van der Waals surface area contributed by atoms with E-state index in [0.29, 0.717) is 24.6 Å². The van der Waals surface area contributed by atoms with Crippen LogP contribution < -0.4 is 9.55 Å². The van der Waals surface area contributed by atoms with Gasteiger partial charge < -0.3 is 19.7 Å². The minimum atomic E-state index is -0.685. The number of fused-ring (bicyclic) bond motifs is 2. The number of anilines is 1. The number of hydrogen-bond acceptors (Lipinski definition) is 6. The molecule has 0 radical (unpaired) electrons. The van der Waals surface area contributed by atoms with Gasteiger partial charge in [-0.1, -0.05) is 0 Å². The average Bonchev–Trinajstić information content (AvgIpc) is 2.77. The summed E-state index contributed by atoms with van der Waals surface area (Å²) in [5.74, 6) is 0.602. The van der Waals surface area contributed by atoms with E-state index in [1.54, 1.807) is 23.9 Å². The largest absolute Gasteiger partial charge is 0.490 e. The third kappa shape index (κ3) is 1.41. The highest BCUT2D eigenvalue weighted by Crippen LogP contribution is 2.38. The molecule has 1 aliphatic heterocycles. The smallest absolute Gasteiger partial charge is 0.410 e. The van der Waals surface area contributed by atoms with E-state index in [1.165, 1.54) is 4.52 Å². The van der Waals surface area contributed by atoms with Crippen molar-refractivity contribution in [2.75, 3.05) is 18.0 Å². The summed E-state index contributed by atoms with van der Waals surface area (Å²) in [5, 5.41) is 23.6. The van der Waals surface area contributed by atoms with Gasteiger partial charge in [0.2, 0.25) is 5.75 Å². The van der Waals surface area contributed by atoms with Gasteiger partial charge in [0.1, 0.15) is 6.61 Å². The maximum atomic E-state index is 10.0. The summed E-state index contributed by atoms with van der Waals surface area (Å²) in [6.07, 6.45) is 1.54. The Morgan fingerprint density at radius 3 is 3.12 bits per heavy atom. The number of aromatic nitrogens is 3. The molecule has 3 rings (SSSR count). The van der Waals surface area contributed by atoms with Crippen molar-refractivity contribution in [1.82, 2.24) is 14.6 Å². The Morgan fingerprint density at radius 1 is 1.53 bits per heavy atom. The first-order valence-electron chi connectivity index (χ1n) is 5.32. The number of ether oxygens (including phenoxy) is 1. The first-order chi connectivity index (χ1) is 8.18. The highest BCUT2D eigenvalue weighted by atomic mass is 16.5. The summed E-state index contributed by atoms with van der Waals surface area (Å²) in [5.41, 5.74) is 0.511. The van der Waals surface area contributed by atoms with Gasteiger partial charge in [0.25, 0.3) is 5.88 Å². The molecule has 17 heavy (non-hydrogen) atoms. The Kier molecular flexibility index (Phi) is 2.12. The van der Waals surface area contributed by atoms with E-state index in [-0.39, 0.29) is 11.6 Å². The van der Waals surface area contributed by atoms with Gasteiger partial charge in [-0.25, -0.2) is 4.98 Å². The first-order valence-corrected chi connectivity index (χ1v) is 5.32. The Labute approximate surface area is 97.4 Å². The van der Waals surface area contributed by atoms with Crippen LogP contribution in [0.3, 0.4) is 0 Å². The summed E-state index contributed by atoms with van der Waals surface area (Å²) in [6.45, 7) is 2.57. The molecule has 2 aromatic heterocycles. The lowest BCUT2D eigenvalue weighted by Gasteiger charge is -2.30. The fourth-order valence-electron chi connectivity index (χ4n) is 1.94. The number of aromatic hydroxyl groups is 1. The molecule has 0 aromatic carbocycles. The van der Waals surface area contributed by atoms with Crippen LogP contribution in [0.5, 0.6) is 11.6 Å². The Balaban J connectivity index is 2.25. The van der Waals surface area contributed by atoms with Crippen LogP contribution in [-0.2, 0) is 0 Å². The van der Waals surface area contributed by atoms with Crippen molar-refractivity contribution < 1.29 is 14.9 Å². The molecule has 0 saturated heterocycles. The molecular weight excluding hydrogens is 223 g/mol. The molecule has 3 heterocycles. The van der Waals surface area contributed by atoms with Gasteiger partial charge in [-0.2, -0.15) is 9.61 Å². The van der Waals surface area contributed by atoms with Crippen LogP contribution in [0.4, 0.5) is 5.82 Å². The lowest BCUT2D eigenvalue weighted by atomic mass is 9.84. The third-order valence-electron chi connectivity index (χ3n) is 2.75. The lowest BCUT2D eigenvalue weighted by Crippen LogP contribution is -2.43. The van der Waals surface area contributed by atoms with Gasteiger partial charge in [-0.15, -0.1) is 0 Å². The van der Waals surface area contributed by atoms with Crippen molar-refractivity contribution in [3.05, 3.63) is 12.3 Å². The SMILES string of the molecule is CB(O)N1CCOc2c1nc1ccnn1c2O. The van der Waals surface area contributed by atoms with Crippen LogP contribution in [0.15, 0.2) is 12.3 Å². The minimum Gasteiger partial charge on any atom is -0.490 e. The Hall–Kier alpha value is -1.96. The number of nitrogens with zero attached hydrogens (tertiary/aromatic N) is 4. The quantitative estimate of drug-likeness (QED) is 0.661. The zero-order valence-corrected chi connectivity index (χ0v) is 9.24. The second-order valence-corrected chi connectivity index (χ2v) is 3.86. The van der Waals surface area contributed by atoms with Crippen LogP contribution in [-0.4, -0.2) is 44.9 Å². The van der Waals surface area contributed by atoms with Gasteiger partial charge in [-0.3, -0.25) is 0 Å². The second kappa shape index (κ2) is 3.52. The molecule has 0 unspecified atom stereocenters. The van der Waals surface area contributed by atoms with Crippen molar-refractivity contribution in [2.24, 2.45) is 0 Å². The summed E-state index contributed by atoms with van der Waals surface area (Å²) < 4.78 is 6.68. The predicted molar refractivity (Wildman–Crippen MR) is 61.3 cm³/mol. The van der Waals surface area contributed by atoms with E-state index in [2.05, 4.69) is 10.1 Å². The van der Waals surface area contributed by atoms with Gasteiger partial charge in [0.15, 0.2) is 11.5 Å². The zero-order chi connectivity index (χ0) is 12.0. The van der Waals surface area contributed by atoms with E-state index in [1.807, 2.05) is 0 Å². The molecule has 0 aliphatic carbocycles. The van der Waals surface area contributed by atoms with Gasteiger partial charge in [0.05, 0.1) is 6.20 Å². The first kappa shape index (κ1) is 10.2. The lowest BCUT2D eigenvalue weighted by molar-refractivity contribution is 0.285. The molecular formula is C9H11BN4O3. The fourth-order valence-corrected chi connectivity index (χ4v) is 1.94. The van der Waals surface area contributed by atoms with Crippen LogP contribution in [0, 0.1) is 0 Å². The molecule has 2 N–H and O–H groups in total. The minimum absolute atomic E-state index is 0.0969. The van der Waals surface area contributed by atoms with E-state index >= 15 is 0 Å². The highest BCUT2D eigenvalue weighted by Gasteiger charge is 2.29. The van der Waals surface area contributed by atoms with Gasteiger partial charge in [-0.05, 0) is 6.82 Å². The third-order valence-corrected chi connectivity index (χ3v) is 2.75. The summed E-state index contributed by atoms with van der Waals surface area (Å²) in [7, 11) is -0.685. The molecule has 2 aromatic rings. The van der Waals surface area contributed by atoms with Gasteiger partial charge >= 0.3 is 7.05 Å². The van der Waals surface area contributed by atoms with Crippen molar-refractivity contribution in [2.45, 2.75) is 6.82 Å². The van der Waals surface area contributed by atoms with Crippen molar-refractivity contribution in [3.8, 4) is 11.6 Å². The van der Waals surface area contributed by atoms with Crippen molar-refractivity contribution in [1.29, 1.82) is 0 Å². The maximum Gasteiger partial charge on any atom is 0.410 e. The molecule has 1 aliphatic rings. The highest BCUT2D eigenvalue weighted by molar-refractivity contribution is 6.53. The predicted octanol–water partition coefficient (Wildman–Crippen LogP) is -0.256. The molecule has 0 fully saturated rings. The standard InChI is InChI=1S/C9H11BN4O3/c1-10(16)13-4-5-17-7-8(13)12-6-2-3-11-14(6)9(7)15/h2-3,15-16H,4-5H2,1H3. The van der Waals surface area contributed by atoms with Crippen LogP contribution in [0.25, 0.3) is 5.65 Å². The molecule has 0 saturated carbocycles. The zero-order valence-electron chi connectivity index (χ0n) is 9.24. The van der Waals surface area contributed by atoms with Crippen LogP contribution >= 0.6 is 0 Å². The second-order valence-electron chi connectivity index (χ2n) is 3.86. The molecule has 0 atom stereocenters. The molecule has 0 amide bonds. The molecule has 7 nitrogen and oxygen atoms in total. The summed E-state index contributed by atoms with van der Waals surface area (Å²) >= 11 is 0. The molecule has 8 heteroatoms. The normalized spacial score (nSPS) is 14.6. The average molecular weight is 234 g/mol. The fraction of sp³-hybridized carbons (Fsp3) is 0.333. The Bertz CT molecular complexity index is 571. The van der Waals surface area contributed by atoms with E-state index < -0.39 is 7.05 Å². The van der Waals surface area contributed by atoms with E-state index in [9.17, 15) is 10.1 Å². The molecule has 88 valence electrons. The van der Waals surface area contributed by atoms with Crippen molar-refractivity contribution >= 4 is 18.5 Å². The van der Waals surface area contributed by atoms with Crippen LogP contribution in [0.1, 0.15) is 0 Å². The molecule has 0 bridgehead atoms. The topological polar surface area (TPSA) is 83.1 Å². The van der Waals surface area contributed by atoms with E-state index in [4.69, 9.17) is 4.74 Å². The monoisotopic (exact) mass is 234 g/mol. The number of rotatable bonds is 1. The number of hydrogen-bond donors (Lipinski definition) is 2. The van der Waals surface area contributed by atoms with Crippen LogP contribution in [0.2, 0.25) is 6.82 Å².